The average Bonchev–Trinajstić information content (AvgIpc) is 2.75. The Labute approximate surface area is 109 Å². The number of benzene rings is 1. The van der Waals surface area contributed by atoms with Gasteiger partial charge in [-0.3, -0.25) is 0 Å². The minimum atomic E-state index is 0.254. The van der Waals surface area contributed by atoms with Crippen molar-refractivity contribution in [1.82, 2.24) is 4.90 Å². The predicted molar refractivity (Wildman–Crippen MR) is 74.6 cm³/mol. The van der Waals surface area contributed by atoms with Gasteiger partial charge in [-0.15, -0.1) is 0 Å². The molecule has 2 rings (SSSR count). The second-order valence-electron chi connectivity index (χ2n) is 5.09. The lowest BCUT2D eigenvalue weighted by atomic mass is 10.1. The molecule has 1 aliphatic rings. The molecule has 3 nitrogen and oxygen atoms in total. The number of methoxy groups -OCH3 is 1. The van der Waals surface area contributed by atoms with Crippen molar-refractivity contribution in [1.29, 1.82) is 0 Å². The molecule has 1 aromatic rings. The van der Waals surface area contributed by atoms with Gasteiger partial charge in [0.05, 0.1) is 7.11 Å². The third-order valence-corrected chi connectivity index (χ3v) is 3.36. The van der Waals surface area contributed by atoms with E-state index >= 15 is 0 Å². The first kappa shape index (κ1) is 13.1. The van der Waals surface area contributed by atoms with Crippen LogP contribution in [-0.2, 0) is 6.54 Å². The third-order valence-electron chi connectivity index (χ3n) is 3.36. The lowest BCUT2D eigenvalue weighted by Gasteiger charge is -2.20. The Morgan fingerprint density at radius 2 is 2.00 bits per heavy atom. The van der Waals surface area contributed by atoms with Crippen LogP contribution in [0.3, 0.4) is 0 Å². The van der Waals surface area contributed by atoms with Crippen LogP contribution < -0.4 is 10.5 Å². The summed E-state index contributed by atoms with van der Waals surface area (Å²) >= 11 is 0. The van der Waals surface area contributed by atoms with E-state index in [4.69, 9.17) is 10.5 Å². The van der Waals surface area contributed by atoms with Gasteiger partial charge in [0, 0.05) is 19.1 Å². The summed E-state index contributed by atoms with van der Waals surface area (Å²) in [5, 5.41) is 0. The molecule has 0 amide bonds. The largest absolute Gasteiger partial charge is 0.497 e. The Morgan fingerprint density at radius 3 is 2.56 bits per heavy atom. The fourth-order valence-electron chi connectivity index (χ4n) is 2.45. The van der Waals surface area contributed by atoms with Crippen LogP contribution in [0.1, 0.15) is 12.0 Å². The molecular formula is C15H22N2O. The Kier molecular flexibility index (Phi) is 4.39. The van der Waals surface area contributed by atoms with Crippen LogP contribution in [0, 0.1) is 5.92 Å². The zero-order valence-corrected chi connectivity index (χ0v) is 11.2. The van der Waals surface area contributed by atoms with Crippen LogP contribution in [-0.4, -0.2) is 31.6 Å². The van der Waals surface area contributed by atoms with E-state index < -0.39 is 0 Å². The maximum atomic E-state index is 5.87. The van der Waals surface area contributed by atoms with Gasteiger partial charge < -0.3 is 15.4 Å². The van der Waals surface area contributed by atoms with Gasteiger partial charge in [0.2, 0.25) is 0 Å². The molecule has 0 bridgehead atoms. The van der Waals surface area contributed by atoms with Crippen LogP contribution in [0.4, 0.5) is 0 Å². The SMILES string of the molecule is COc1ccc(CN(C)CC2C=CC(N)C2)cc1. The van der Waals surface area contributed by atoms with Gasteiger partial charge in [-0.1, -0.05) is 24.3 Å². The molecule has 98 valence electrons. The van der Waals surface area contributed by atoms with Gasteiger partial charge in [0.1, 0.15) is 5.75 Å². The zero-order valence-electron chi connectivity index (χ0n) is 11.2. The van der Waals surface area contributed by atoms with E-state index in [2.05, 4.69) is 36.2 Å². The lowest BCUT2D eigenvalue weighted by Crippen LogP contribution is -2.25. The van der Waals surface area contributed by atoms with Gasteiger partial charge in [-0.25, -0.2) is 0 Å². The molecule has 0 radical (unpaired) electrons. The maximum Gasteiger partial charge on any atom is 0.118 e. The van der Waals surface area contributed by atoms with Gasteiger partial charge in [-0.2, -0.15) is 0 Å². The predicted octanol–water partition coefficient (Wildman–Crippen LogP) is 2.03. The topological polar surface area (TPSA) is 38.5 Å². The highest BCUT2D eigenvalue weighted by Crippen LogP contribution is 2.18. The summed E-state index contributed by atoms with van der Waals surface area (Å²) in [4.78, 5) is 2.34. The van der Waals surface area contributed by atoms with E-state index in [-0.39, 0.29) is 6.04 Å². The third kappa shape index (κ3) is 3.59. The van der Waals surface area contributed by atoms with Crippen molar-refractivity contribution in [3.63, 3.8) is 0 Å². The zero-order chi connectivity index (χ0) is 13.0. The van der Waals surface area contributed by atoms with Crippen LogP contribution >= 0.6 is 0 Å². The van der Waals surface area contributed by atoms with E-state index in [0.29, 0.717) is 5.92 Å². The molecule has 0 heterocycles. The smallest absolute Gasteiger partial charge is 0.118 e. The highest BCUT2D eigenvalue weighted by atomic mass is 16.5. The lowest BCUT2D eigenvalue weighted by molar-refractivity contribution is 0.288. The molecule has 1 aliphatic carbocycles. The maximum absolute atomic E-state index is 5.87. The first-order chi connectivity index (χ1) is 8.67. The summed E-state index contributed by atoms with van der Waals surface area (Å²) in [6.45, 7) is 2.03. The molecule has 0 fully saturated rings. The Hall–Kier alpha value is -1.32. The summed E-state index contributed by atoms with van der Waals surface area (Å²) in [5.74, 6) is 1.51. The number of hydrogen-bond donors (Lipinski definition) is 1. The molecule has 1 aromatic carbocycles. The average molecular weight is 246 g/mol. The molecular weight excluding hydrogens is 224 g/mol. The summed E-state index contributed by atoms with van der Waals surface area (Å²) in [6.07, 6.45) is 5.44. The van der Waals surface area contributed by atoms with Gasteiger partial charge in [-0.05, 0) is 37.1 Å². The molecule has 2 unspecified atom stereocenters. The molecule has 2 N–H and O–H groups in total. The van der Waals surface area contributed by atoms with Crippen LogP contribution in [0.2, 0.25) is 0 Å². The van der Waals surface area contributed by atoms with E-state index in [0.717, 1.165) is 25.3 Å². The number of nitrogens with zero attached hydrogens (tertiary/aromatic N) is 1. The van der Waals surface area contributed by atoms with Crippen LogP contribution in [0.5, 0.6) is 5.75 Å². The molecule has 0 saturated carbocycles. The van der Waals surface area contributed by atoms with E-state index in [1.165, 1.54) is 5.56 Å². The summed E-state index contributed by atoms with van der Waals surface area (Å²) < 4.78 is 5.16. The molecule has 0 spiro atoms. The first-order valence-electron chi connectivity index (χ1n) is 6.43. The molecule has 3 heteroatoms. The highest BCUT2D eigenvalue weighted by Gasteiger charge is 2.17. The van der Waals surface area contributed by atoms with Crippen molar-refractivity contribution >= 4 is 0 Å². The Morgan fingerprint density at radius 1 is 1.28 bits per heavy atom. The fraction of sp³-hybridized carbons (Fsp3) is 0.467. The second kappa shape index (κ2) is 6.03. The minimum absolute atomic E-state index is 0.254. The van der Waals surface area contributed by atoms with Crippen LogP contribution in [0.25, 0.3) is 0 Å². The number of rotatable bonds is 5. The van der Waals surface area contributed by atoms with Gasteiger partial charge >= 0.3 is 0 Å². The van der Waals surface area contributed by atoms with Gasteiger partial charge in [0.25, 0.3) is 0 Å². The molecule has 0 saturated heterocycles. The van der Waals surface area contributed by atoms with Crippen molar-refractivity contribution < 1.29 is 4.74 Å². The first-order valence-corrected chi connectivity index (χ1v) is 6.43. The Bertz CT molecular complexity index is 399. The number of nitrogens with two attached hydrogens (primary N) is 1. The van der Waals surface area contributed by atoms with Crippen molar-refractivity contribution in [3.05, 3.63) is 42.0 Å². The summed E-state index contributed by atoms with van der Waals surface area (Å²) in [7, 11) is 3.85. The van der Waals surface area contributed by atoms with Crippen molar-refractivity contribution in [2.45, 2.75) is 19.0 Å². The number of ether oxygens (including phenoxy) is 1. The Balaban J connectivity index is 1.83. The van der Waals surface area contributed by atoms with Crippen molar-refractivity contribution in [3.8, 4) is 5.75 Å². The standard InChI is InChI=1S/C15H22N2O/c1-17(11-13-3-6-14(16)9-13)10-12-4-7-15(18-2)8-5-12/h3-8,13-14H,9-11,16H2,1-2H3. The van der Waals surface area contributed by atoms with Gasteiger partial charge in [0.15, 0.2) is 0 Å². The molecule has 2 atom stereocenters. The summed E-state index contributed by atoms with van der Waals surface area (Å²) in [5.41, 5.74) is 7.18. The normalized spacial score (nSPS) is 22.7. The fourth-order valence-corrected chi connectivity index (χ4v) is 2.45. The highest BCUT2D eigenvalue weighted by molar-refractivity contribution is 5.27. The van der Waals surface area contributed by atoms with Crippen molar-refractivity contribution in [2.75, 3.05) is 20.7 Å². The summed E-state index contributed by atoms with van der Waals surface area (Å²) in [6, 6.07) is 8.50. The van der Waals surface area contributed by atoms with E-state index in [1.54, 1.807) is 7.11 Å². The monoisotopic (exact) mass is 246 g/mol. The molecule has 0 aliphatic heterocycles. The minimum Gasteiger partial charge on any atom is -0.497 e. The van der Waals surface area contributed by atoms with E-state index in [9.17, 15) is 0 Å². The van der Waals surface area contributed by atoms with Crippen LogP contribution in [0.15, 0.2) is 36.4 Å². The number of hydrogen-bond acceptors (Lipinski definition) is 3. The second-order valence-corrected chi connectivity index (χ2v) is 5.09. The quantitative estimate of drug-likeness (QED) is 0.808. The molecule has 18 heavy (non-hydrogen) atoms. The molecule has 0 aromatic heterocycles. The van der Waals surface area contributed by atoms with Crippen molar-refractivity contribution in [2.24, 2.45) is 11.7 Å². The van der Waals surface area contributed by atoms with E-state index in [1.807, 2.05) is 12.1 Å².